The smallest absolute Gasteiger partial charge is 0.253 e. The zero-order chi connectivity index (χ0) is 17.3. The molecule has 1 amide bonds. The van der Waals surface area contributed by atoms with E-state index in [2.05, 4.69) is 0 Å². The highest BCUT2D eigenvalue weighted by Crippen LogP contribution is 2.25. The molecule has 0 radical (unpaired) electrons. The molecule has 0 atom stereocenters. The van der Waals surface area contributed by atoms with Crippen molar-refractivity contribution in [3.8, 4) is 0 Å². The van der Waals surface area contributed by atoms with Gasteiger partial charge < -0.3 is 24.1 Å². The van der Waals surface area contributed by atoms with Crippen LogP contribution in [0, 0.1) is 0 Å². The average molecular weight is 332 g/mol. The number of aliphatic hydroxyl groups is 1. The molecular formula is C17H20N2O5. The summed E-state index contributed by atoms with van der Waals surface area (Å²) >= 11 is 0. The van der Waals surface area contributed by atoms with Crippen molar-refractivity contribution >= 4 is 22.8 Å². The maximum atomic E-state index is 12.5. The quantitative estimate of drug-likeness (QED) is 0.896. The summed E-state index contributed by atoms with van der Waals surface area (Å²) in [5, 5.41) is 9.95. The lowest BCUT2D eigenvalue weighted by atomic mass is 10.1. The van der Waals surface area contributed by atoms with E-state index < -0.39 is 0 Å². The fraction of sp³-hybridized carbons (Fsp3) is 0.412. The van der Waals surface area contributed by atoms with Crippen LogP contribution in [0.15, 0.2) is 27.4 Å². The first-order chi connectivity index (χ1) is 11.5. The number of rotatable bonds is 3. The predicted molar refractivity (Wildman–Crippen MR) is 89.5 cm³/mol. The minimum absolute atomic E-state index is 0.233. The van der Waals surface area contributed by atoms with Crippen LogP contribution in [0.4, 0.5) is 5.88 Å². The van der Waals surface area contributed by atoms with Crippen LogP contribution in [0.3, 0.4) is 0 Å². The first-order valence-corrected chi connectivity index (χ1v) is 7.77. The summed E-state index contributed by atoms with van der Waals surface area (Å²) in [5.74, 6) is 0.223. The number of ether oxygens (including phenoxy) is 1. The third kappa shape index (κ3) is 3.00. The molecule has 0 spiro atoms. The molecule has 1 aliphatic rings. The van der Waals surface area contributed by atoms with Gasteiger partial charge in [-0.3, -0.25) is 9.59 Å². The molecule has 1 saturated heterocycles. The number of carbonyl (C=O) groups excluding carboxylic acids is 1. The van der Waals surface area contributed by atoms with Crippen molar-refractivity contribution < 1.29 is 19.1 Å². The van der Waals surface area contributed by atoms with Gasteiger partial charge in [0.25, 0.3) is 5.91 Å². The number of hydrogen-bond acceptors (Lipinski definition) is 6. The van der Waals surface area contributed by atoms with Crippen molar-refractivity contribution in [1.29, 1.82) is 0 Å². The number of fused-ring (bicyclic) bond motifs is 1. The molecule has 0 unspecified atom stereocenters. The van der Waals surface area contributed by atoms with Gasteiger partial charge in [-0.15, -0.1) is 0 Å². The Morgan fingerprint density at radius 1 is 1.25 bits per heavy atom. The lowest BCUT2D eigenvalue weighted by Crippen LogP contribution is -2.36. The molecule has 0 aliphatic carbocycles. The fourth-order valence-electron chi connectivity index (χ4n) is 2.76. The first kappa shape index (κ1) is 16.5. The van der Waals surface area contributed by atoms with Gasteiger partial charge in [0.2, 0.25) is 0 Å². The maximum Gasteiger partial charge on any atom is 0.253 e. The lowest BCUT2D eigenvalue weighted by molar-refractivity contribution is 0.0827. The summed E-state index contributed by atoms with van der Waals surface area (Å²) in [4.78, 5) is 28.1. The van der Waals surface area contributed by atoms with Gasteiger partial charge in [-0.25, -0.2) is 0 Å². The Balaban J connectivity index is 2.15. The number of carbonyl (C=O) groups is 1. The number of amides is 1. The summed E-state index contributed by atoms with van der Waals surface area (Å²) in [6.45, 7) is 2.11. The highest BCUT2D eigenvalue weighted by atomic mass is 16.5. The van der Waals surface area contributed by atoms with Gasteiger partial charge in [0, 0.05) is 44.4 Å². The van der Waals surface area contributed by atoms with Crippen LogP contribution in [0.5, 0.6) is 0 Å². The molecule has 2 aromatic rings. The molecule has 0 bridgehead atoms. The van der Waals surface area contributed by atoms with Crippen LogP contribution in [0.25, 0.3) is 11.0 Å². The van der Waals surface area contributed by atoms with Crippen molar-refractivity contribution in [2.45, 2.75) is 6.61 Å². The Bertz CT molecular complexity index is 822. The molecule has 1 aliphatic heterocycles. The normalized spacial score (nSPS) is 14.9. The lowest BCUT2D eigenvalue weighted by Gasteiger charge is -2.27. The minimum atomic E-state index is -0.319. The summed E-state index contributed by atoms with van der Waals surface area (Å²) in [7, 11) is 3.27. The maximum absolute atomic E-state index is 12.5. The van der Waals surface area contributed by atoms with Gasteiger partial charge in [-0.05, 0) is 12.1 Å². The van der Waals surface area contributed by atoms with Crippen LogP contribution < -0.4 is 10.3 Å². The number of anilines is 1. The van der Waals surface area contributed by atoms with E-state index in [1.807, 2.05) is 4.90 Å². The van der Waals surface area contributed by atoms with E-state index in [1.165, 1.54) is 17.0 Å². The molecule has 7 heteroatoms. The first-order valence-electron chi connectivity index (χ1n) is 7.77. The van der Waals surface area contributed by atoms with Crippen molar-refractivity contribution in [3.05, 3.63) is 39.5 Å². The van der Waals surface area contributed by atoms with Gasteiger partial charge in [-0.2, -0.15) is 0 Å². The zero-order valence-electron chi connectivity index (χ0n) is 13.7. The standard InChI is InChI=1S/C17H20N2O5/c1-18(2)17(22)11-7-12(10-20)16-13(8-11)14(21)9-15(24-16)19-3-5-23-6-4-19/h7-9,20H,3-6,10H2,1-2H3. The number of aliphatic hydroxyl groups excluding tert-OH is 1. The second-order valence-electron chi connectivity index (χ2n) is 5.92. The van der Waals surface area contributed by atoms with Crippen molar-refractivity contribution in [3.63, 3.8) is 0 Å². The summed E-state index contributed by atoms with van der Waals surface area (Å²) in [6.07, 6.45) is 0. The Kier molecular flexibility index (Phi) is 4.55. The monoisotopic (exact) mass is 332 g/mol. The molecule has 128 valence electrons. The van der Waals surface area contributed by atoms with E-state index in [-0.39, 0.29) is 17.9 Å². The topological polar surface area (TPSA) is 83.2 Å². The molecule has 1 fully saturated rings. The van der Waals surface area contributed by atoms with E-state index >= 15 is 0 Å². The van der Waals surface area contributed by atoms with Crippen LogP contribution >= 0.6 is 0 Å². The Labute approximate surface area is 139 Å². The van der Waals surface area contributed by atoms with Crippen molar-refractivity contribution in [1.82, 2.24) is 4.90 Å². The van der Waals surface area contributed by atoms with Gasteiger partial charge in [0.1, 0.15) is 5.58 Å². The second kappa shape index (κ2) is 6.62. The number of morpholine rings is 1. The van der Waals surface area contributed by atoms with E-state index in [4.69, 9.17) is 9.15 Å². The Morgan fingerprint density at radius 2 is 1.96 bits per heavy atom. The number of nitrogens with zero attached hydrogens (tertiary/aromatic N) is 2. The second-order valence-corrected chi connectivity index (χ2v) is 5.92. The van der Waals surface area contributed by atoms with Gasteiger partial charge in [-0.1, -0.05) is 0 Å². The molecule has 1 aromatic carbocycles. The summed E-state index contributed by atoms with van der Waals surface area (Å²) in [5.41, 5.74) is 0.857. The number of hydrogen-bond donors (Lipinski definition) is 1. The molecule has 0 saturated carbocycles. The Morgan fingerprint density at radius 3 is 2.58 bits per heavy atom. The van der Waals surface area contributed by atoms with E-state index in [0.29, 0.717) is 54.3 Å². The van der Waals surface area contributed by atoms with Gasteiger partial charge >= 0.3 is 0 Å². The zero-order valence-corrected chi connectivity index (χ0v) is 13.7. The van der Waals surface area contributed by atoms with Crippen molar-refractivity contribution in [2.75, 3.05) is 45.3 Å². The molecule has 1 aromatic heterocycles. The minimum Gasteiger partial charge on any atom is -0.440 e. The van der Waals surface area contributed by atoms with Crippen molar-refractivity contribution in [2.24, 2.45) is 0 Å². The number of benzene rings is 1. The average Bonchev–Trinajstić information content (AvgIpc) is 2.60. The van der Waals surface area contributed by atoms with Gasteiger partial charge in [0.15, 0.2) is 11.3 Å². The third-order valence-corrected chi connectivity index (χ3v) is 4.04. The molecule has 3 rings (SSSR count). The SMILES string of the molecule is CN(C)C(=O)c1cc(CO)c2oc(N3CCOCC3)cc(=O)c2c1. The molecule has 7 nitrogen and oxygen atoms in total. The fourth-order valence-corrected chi connectivity index (χ4v) is 2.76. The highest BCUT2D eigenvalue weighted by Gasteiger charge is 2.19. The van der Waals surface area contributed by atoms with E-state index in [1.54, 1.807) is 20.2 Å². The van der Waals surface area contributed by atoms with Crippen LogP contribution in [0.2, 0.25) is 0 Å². The van der Waals surface area contributed by atoms with E-state index in [9.17, 15) is 14.7 Å². The largest absolute Gasteiger partial charge is 0.440 e. The van der Waals surface area contributed by atoms with Crippen LogP contribution in [-0.4, -0.2) is 56.3 Å². The summed E-state index contributed by atoms with van der Waals surface area (Å²) in [6, 6.07) is 4.52. The Hall–Kier alpha value is -2.38. The molecule has 1 N–H and O–H groups in total. The highest BCUT2D eigenvalue weighted by molar-refractivity contribution is 5.98. The van der Waals surface area contributed by atoms with E-state index in [0.717, 1.165) is 0 Å². The molecular weight excluding hydrogens is 312 g/mol. The molecule has 2 heterocycles. The third-order valence-electron chi connectivity index (χ3n) is 4.04. The van der Waals surface area contributed by atoms with Gasteiger partial charge in [0.05, 0.1) is 25.2 Å². The summed E-state index contributed by atoms with van der Waals surface area (Å²) < 4.78 is 11.2. The van der Waals surface area contributed by atoms with Crippen LogP contribution in [0.1, 0.15) is 15.9 Å². The van der Waals surface area contributed by atoms with Crippen LogP contribution in [-0.2, 0) is 11.3 Å². The molecule has 24 heavy (non-hydrogen) atoms. The predicted octanol–water partition coefficient (Wildman–Crippen LogP) is 0.824.